The zero-order chi connectivity index (χ0) is 14.7. The summed E-state index contributed by atoms with van der Waals surface area (Å²) in [5.74, 6) is 1.85. The highest BCUT2D eigenvalue weighted by Crippen LogP contribution is 2.19. The Hall–Kier alpha value is -1.67. The number of anilines is 3. The fraction of sp³-hybridized carbons (Fsp3) is 0.769. The van der Waals surface area contributed by atoms with Crippen LogP contribution in [0.2, 0.25) is 0 Å². The molecule has 3 heterocycles. The Morgan fingerprint density at radius 3 is 2.52 bits per heavy atom. The van der Waals surface area contributed by atoms with Crippen molar-refractivity contribution < 1.29 is 9.47 Å². The number of hydrogen-bond acceptors (Lipinski definition) is 8. The van der Waals surface area contributed by atoms with Gasteiger partial charge in [-0.1, -0.05) is 0 Å². The van der Waals surface area contributed by atoms with Gasteiger partial charge in [-0.25, -0.2) is 0 Å². The first-order valence-electron chi connectivity index (χ1n) is 7.41. The summed E-state index contributed by atoms with van der Waals surface area (Å²) in [6, 6.07) is 0.245. The minimum atomic E-state index is 0.173. The van der Waals surface area contributed by atoms with Crippen LogP contribution in [0.5, 0.6) is 0 Å². The third-order valence-electron chi connectivity index (χ3n) is 3.83. The normalized spacial score (nSPS) is 25.9. The second-order valence-electron chi connectivity index (χ2n) is 5.25. The van der Waals surface area contributed by atoms with Crippen molar-refractivity contribution in [2.75, 3.05) is 55.5 Å². The molecule has 2 fully saturated rings. The zero-order valence-corrected chi connectivity index (χ0v) is 12.5. The van der Waals surface area contributed by atoms with Gasteiger partial charge in [-0.3, -0.25) is 0 Å². The van der Waals surface area contributed by atoms with E-state index in [2.05, 4.69) is 37.4 Å². The van der Waals surface area contributed by atoms with Crippen LogP contribution in [0.1, 0.15) is 13.3 Å². The van der Waals surface area contributed by atoms with Crippen molar-refractivity contribution in [3.05, 3.63) is 0 Å². The van der Waals surface area contributed by atoms with E-state index >= 15 is 0 Å². The first-order valence-corrected chi connectivity index (χ1v) is 7.41. The molecule has 1 aromatic heterocycles. The van der Waals surface area contributed by atoms with Crippen LogP contribution in [0.25, 0.3) is 0 Å². The molecule has 8 heteroatoms. The van der Waals surface area contributed by atoms with Crippen molar-refractivity contribution in [3.8, 4) is 0 Å². The highest BCUT2D eigenvalue weighted by molar-refractivity contribution is 5.44. The predicted molar refractivity (Wildman–Crippen MR) is 79.8 cm³/mol. The van der Waals surface area contributed by atoms with Gasteiger partial charge in [0, 0.05) is 26.7 Å². The Labute approximate surface area is 124 Å². The van der Waals surface area contributed by atoms with E-state index < -0.39 is 0 Å². The van der Waals surface area contributed by atoms with Crippen molar-refractivity contribution in [1.82, 2.24) is 15.0 Å². The monoisotopic (exact) mass is 294 g/mol. The van der Waals surface area contributed by atoms with Crippen molar-refractivity contribution in [1.29, 1.82) is 0 Å². The van der Waals surface area contributed by atoms with Crippen molar-refractivity contribution in [2.24, 2.45) is 0 Å². The van der Waals surface area contributed by atoms with E-state index in [1.807, 2.05) is 7.05 Å². The number of nitrogens with one attached hydrogen (secondary N) is 2. The topological polar surface area (TPSA) is 84.4 Å². The molecule has 0 bridgehead atoms. The molecule has 0 radical (unpaired) electrons. The Balaban J connectivity index is 1.78. The standard InChI is InChI=1S/C13H22N6O2/c1-9-10(3-6-21-9)15-12-16-11(14-2)17-13(18-12)19-4-7-20-8-5-19/h9-10H,3-8H2,1-2H3,(H2,14,15,16,17,18). The smallest absolute Gasteiger partial charge is 0.232 e. The van der Waals surface area contributed by atoms with Gasteiger partial charge in [-0.05, 0) is 13.3 Å². The quantitative estimate of drug-likeness (QED) is 0.822. The molecule has 21 heavy (non-hydrogen) atoms. The maximum atomic E-state index is 5.56. The van der Waals surface area contributed by atoms with Crippen LogP contribution in [-0.2, 0) is 9.47 Å². The van der Waals surface area contributed by atoms with Crippen LogP contribution in [0.4, 0.5) is 17.8 Å². The maximum Gasteiger partial charge on any atom is 0.232 e. The van der Waals surface area contributed by atoms with Gasteiger partial charge in [0.15, 0.2) is 0 Å². The molecule has 2 unspecified atom stereocenters. The van der Waals surface area contributed by atoms with Gasteiger partial charge < -0.3 is 25.0 Å². The van der Waals surface area contributed by atoms with E-state index in [4.69, 9.17) is 9.47 Å². The molecule has 2 aliphatic heterocycles. The van der Waals surface area contributed by atoms with E-state index in [1.54, 1.807) is 0 Å². The molecule has 2 N–H and O–H groups in total. The zero-order valence-electron chi connectivity index (χ0n) is 12.5. The molecule has 0 aromatic carbocycles. The summed E-state index contributed by atoms with van der Waals surface area (Å²) < 4.78 is 10.9. The van der Waals surface area contributed by atoms with Gasteiger partial charge in [-0.15, -0.1) is 0 Å². The third kappa shape index (κ3) is 3.33. The molecule has 116 valence electrons. The van der Waals surface area contributed by atoms with Crippen LogP contribution in [0.3, 0.4) is 0 Å². The molecule has 2 aliphatic rings. The minimum absolute atomic E-state index is 0.173. The maximum absolute atomic E-state index is 5.56. The molecule has 2 atom stereocenters. The summed E-state index contributed by atoms with van der Waals surface area (Å²) in [6.07, 6.45) is 1.14. The Bertz CT molecular complexity index is 480. The summed E-state index contributed by atoms with van der Waals surface area (Å²) in [6.45, 7) is 5.85. The van der Waals surface area contributed by atoms with Crippen molar-refractivity contribution >= 4 is 17.8 Å². The molecule has 2 saturated heterocycles. The van der Waals surface area contributed by atoms with E-state index in [0.29, 0.717) is 31.1 Å². The number of ether oxygens (including phenoxy) is 2. The number of aromatic nitrogens is 3. The van der Waals surface area contributed by atoms with E-state index in [0.717, 1.165) is 26.1 Å². The molecule has 1 aromatic rings. The molecule has 0 saturated carbocycles. The minimum Gasteiger partial charge on any atom is -0.378 e. The first-order chi connectivity index (χ1) is 10.3. The van der Waals surface area contributed by atoms with Crippen LogP contribution in [0, 0.1) is 0 Å². The number of nitrogens with zero attached hydrogens (tertiary/aromatic N) is 4. The highest BCUT2D eigenvalue weighted by atomic mass is 16.5. The van der Waals surface area contributed by atoms with Crippen LogP contribution >= 0.6 is 0 Å². The van der Waals surface area contributed by atoms with Crippen molar-refractivity contribution in [2.45, 2.75) is 25.5 Å². The lowest BCUT2D eigenvalue weighted by Crippen LogP contribution is -2.38. The molecule has 0 amide bonds. The molecule has 3 rings (SSSR count). The largest absolute Gasteiger partial charge is 0.378 e. The lowest BCUT2D eigenvalue weighted by molar-refractivity contribution is 0.121. The van der Waals surface area contributed by atoms with Gasteiger partial charge in [-0.2, -0.15) is 15.0 Å². The predicted octanol–water partition coefficient (Wildman–Crippen LogP) is 0.339. The molecule has 0 spiro atoms. The van der Waals surface area contributed by atoms with Crippen molar-refractivity contribution in [3.63, 3.8) is 0 Å². The van der Waals surface area contributed by atoms with Gasteiger partial charge in [0.05, 0.1) is 25.4 Å². The number of hydrogen-bond donors (Lipinski definition) is 2. The number of rotatable bonds is 4. The molecule has 8 nitrogen and oxygen atoms in total. The van der Waals surface area contributed by atoms with Crippen LogP contribution in [0.15, 0.2) is 0 Å². The fourth-order valence-electron chi connectivity index (χ4n) is 2.53. The Kier molecular flexibility index (Phi) is 4.35. The Morgan fingerprint density at radius 1 is 1.10 bits per heavy atom. The van der Waals surface area contributed by atoms with Gasteiger partial charge in [0.25, 0.3) is 0 Å². The summed E-state index contributed by atoms with van der Waals surface area (Å²) in [5.41, 5.74) is 0. The third-order valence-corrected chi connectivity index (χ3v) is 3.83. The van der Waals surface area contributed by atoms with Gasteiger partial charge >= 0.3 is 0 Å². The second-order valence-corrected chi connectivity index (χ2v) is 5.25. The van der Waals surface area contributed by atoms with E-state index in [-0.39, 0.29) is 12.1 Å². The summed E-state index contributed by atoms with van der Waals surface area (Å²) in [5, 5.41) is 6.35. The van der Waals surface area contributed by atoms with Crippen LogP contribution in [-0.4, -0.2) is 67.1 Å². The van der Waals surface area contributed by atoms with Gasteiger partial charge in [0.2, 0.25) is 17.8 Å². The second kappa shape index (κ2) is 6.40. The Morgan fingerprint density at radius 2 is 1.86 bits per heavy atom. The van der Waals surface area contributed by atoms with Gasteiger partial charge in [0.1, 0.15) is 0 Å². The lowest BCUT2D eigenvalue weighted by Gasteiger charge is -2.27. The average molecular weight is 294 g/mol. The molecular formula is C13H22N6O2. The lowest BCUT2D eigenvalue weighted by atomic mass is 10.2. The summed E-state index contributed by atoms with van der Waals surface area (Å²) in [4.78, 5) is 15.5. The number of morpholine rings is 1. The first kappa shape index (κ1) is 14.3. The van der Waals surface area contributed by atoms with E-state index in [1.165, 1.54) is 0 Å². The van der Waals surface area contributed by atoms with Crippen LogP contribution < -0.4 is 15.5 Å². The van der Waals surface area contributed by atoms with E-state index in [9.17, 15) is 0 Å². The summed E-state index contributed by atoms with van der Waals surface area (Å²) >= 11 is 0. The summed E-state index contributed by atoms with van der Waals surface area (Å²) in [7, 11) is 1.81. The SMILES string of the molecule is CNc1nc(NC2CCOC2C)nc(N2CCOCC2)n1. The highest BCUT2D eigenvalue weighted by Gasteiger charge is 2.25. The molecule has 0 aliphatic carbocycles. The molecular weight excluding hydrogens is 272 g/mol. The fourth-order valence-corrected chi connectivity index (χ4v) is 2.53. The average Bonchev–Trinajstić information content (AvgIpc) is 2.93.